The maximum Gasteiger partial charge on any atom is 0.264 e. The highest BCUT2D eigenvalue weighted by Gasteiger charge is 2.20. The minimum Gasteiger partial charge on any atom is -0.263 e. The molecule has 1 heterocycles. The highest BCUT2D eigenvalue weighted by Crippen LogP contribution is 2.30. The molecule has 100 valence electrons. The summed E-state index contributed by atoms with van der Waals surface area (Å²) in [6, 6.07) is 7.78. The van der Waals surface area contributed by atoms with Gasteiger partial charge in [-0.1, -0.05) is 29.3 Å². The van der Waals surface area contributed by atoms with Crippen LogP contribution in [0.15, 0.2) is 41.4 Å². The smallest absolute Gasteiger partial charge is 0.263 e. The molecule has 7 heteroatoms. The summed E-state index contributed by atoms with van der Waals surface area (Å²) in [6.45, 7) is 1.66. The quantitative estimate of drug-likeness (QED) is 0.942. The van der Waals surface area contributed by atoms with Gasteiger partial charge in [0.25, 0.3) is 10.0 Å². The Hall–Kier alpha value is -1.30. The van der Waals surface area contributed by atoms with Crippen molar-refractivity contribution in [3.63, 3.8) is 0 Å². The van der Waals surface area contributed by atoms with E-state index >= 15 is 0 Å². The zero-order valence-corrected chi connectivity index (χ0v) is 12.2. The van der Waals surface area contributed by atoms with Crippen molar-refractivity contribution >= 4 is 39.0 Å². The molecule has 2 aromatic rings. The third-order valence-corrected chi connectivity index (χ3v) is 4.88. The van der Waals surface area contributed by atoms with Crippen LogP contribution >= 0.6 is 23.2 Å². The van der Waals surface area contributed by atoms with Gasteiger partial charge in [-0.15, -0.1) is 0 Å². The fraction of sp³-hybridized carbons (Fsp3) is 0.0833. The second kappa shape index (κ2) is 5.36. The lowest BCUT2D eigenvalue weighted by Gasteiger charge is -2.10. The SMILES string of the molecule is Cc1c(Cl)ccc(S(=O)(=O)Nc2ccccn2)c1Cl. The van der Waals surface area contributed by atoms with Gasteiger partial charge in [0.1, 0.15) is 10.7 Å². The first kappa shape index (κ1) is 14.1. The van der Waals surface area contributed by atoms with E-state index in [1.807, 2.05) is 0 Å². The van der Waals surface area contributed by atoms with E-state index in [1.54, 1.807) is 25.1 Å². The zero-order chi connectivity index (χ0) is 14.0. The molecule has 0 aliphatic rings. The summed E-state index contributed by atoms with van der Waals surface area (Å²) in [4.78, 5) is 3.87. The Labute approximate surface area is 121 Å². The van der Waals surface area contributed by atoms with E-state index < -0.39 is 10.0 Å². The van der Waals surface area contributed by atoms with Crippen LogP contribution < -0.4 is 4.72 Å². The second-order valence-electron chi connectivity index (χ2n) is 3.80. The molecule has 0 radical (unpaired) electrons. The number of aromatic nitrogens is 1. The number of hydrogen-bond acceptors (Lipinski definition) is 3. The molecule has 0 bridgehead atoms. The van der Waals surface area contributed by atoms with Gasteiger partial charge in [-0.25, -0.2) is 13.4 Å². The van der Waals surface area contributed by atoms with Crippen molar-refractivity contribution in [3.05, 3.63) is 52.1 Å². The number of benzene rings is 1. The van der Waals surface area contributed by atoms with Crippen LogP contribution in [0.1, 0.15) is 5.56 Å². The van der Waals surface area contributed by atoms with Crippen LogP contribution in [0.2, 0.25) is 10.0 Å². The van der Waals surface area contributed by atoms with Gasteiger partial charge in [0.05, 0.1) is 5.02 Å². The number of rotatable bonds is 3. The molecule has 0 aliphatic carbocycles. The Morgan fingerprint density at radius 2 is 1.89 bits per heavy atom. The molecule has 0 atom stereocenters. The van der Waals surface area contributed by atoms with E-state index in [0.717, 1.165) is 0 Å². The van der Waals surface area contributed by atoms with Gasteiger partial charge in [-0.05, 0) is 36.8 Å². The fourth-order valence-electron chi connectivity index (χ4n) is 1.46. The number of nitrogens with one attached hydrogen (secondary N) is 1. The van der Waals surface area contributed by atoms with Crippen molar-refractivity contribution in [3.8, 4) is 0 Å². The van der Waals surface area contributed by atoms with E-state index in [-0.39, 0.29) is 15.7 Å². The Kier molecular flexibility index (Phi) is 3.99. The zero-order valence-electron chi connectivity index (χ0n) is 9.89. The largest absolute Gasteiger partial charge is 0.264 e. The maximum atomic E-state index is 12.2. The third-order valence-electron chi connectivity index (χ3n) is 2.48. The van der Waals surface area contributed by atoms with Gasteiger partial charge < -0.3 is 0 Å². The number of halogens is 2. The van der Waals surface area contributed by atoms with Crippen LogP contribution in [0.3, 0.4) is 0 Å². The first-order valence-electron chi connectivity index (χ1n) is 5.30. The molecule has 0 unspecified atom stereocenters. The van der Waals surface area contributed by atoms with Crippen molar-refractivity contribution in [1.29, 1.82) is 0 Å². The monoisotopic (exact) mass is 316 g/mol. The summed E-state index contributed by atoms with van der Waals surface area (Å²) < 4.78 is 26.8. The summed E-state index contributed by atoms with van der Waals surface area (Å²) >= 11 is 11.9. The molecule has 0 saturated carbocycles. The first-order chi connectivity index (χ1) is 8.92. The van der Waals surface area contributed by atoms with Gasteiger partial charge in [0.2, 0.25) is 0 Å². The molecule has 4 nitrogen and oxygen atoms in total. The standard InChI is InChI=1S/C12H10Cl2N2O2S/c1-8-9(13)5-6-10(12(8)14)19(17,18)16-11-4-2-3-7-15-11/h2-7H,1H3,(H,15,16). The molecule has 1 aromatic heterocycles. The fourth-order valence-corrected chi connectivity index (χ4v) is 3.28. The topological polar surface area (TPSA) is 59.1 Å². The third kappa shape index (κ3) is 3.00. The van der Waals surface area contributed by atoms with Crippen molar-refractivity contribution in [2.75, 3.05) is 4.72 Å². The summed E-state index contributed by atoms with van der Waals surface area (Å²) in [5.41, 5.74) is 0.521. The molecule has 0 fully saturated rings. The van der Waals surface area contributed by atoms with E-state index in [0.29, 0.717) is 10.6 Å². The Balaban J connectivity index is 2.44. The predicted molar refractivity (Wildman–Crippen MR) is 76.2 cm³/mol. The van der Waals surface area contributed by atoms with Crippen molar-refractivity contribution in [2.24, 2.45) is 0 Å². The van der Waals surface area contributed by atoms with Crippen LogP contribution in [0.25, 0.3) is 0 Å². The molecule has 19 heavy (non-hydrogen) atoms. The lowest BCUT2D eigenvalue weighted by molar-refractivity contribution is 0.601. The van der Waals surface area contributed by atoms with Gasteiger partial charge in [0.15, 0.2) is 0 Å². The van der Waals surface area contributed by atoms with Crippen LogP contribution in [-0.4, -0.2) is 13.4 Å². The van der Waals surface area contributed by atoms with Gasteiger partial charge in [-0.2, -0.15) is 0 Å². The lowest BCUT2D eigenvalue weighted by Crippen LogP contribution is -2.14. The van der Waals surface area contributed by atoms with Crippen molar-refractivity contribution in [1.82, 2.24) is 4.98 Å². The van der Waals surface area contributed by atoms with Gasteiger partial charge >= 0.3 is 0 Å². The number of pyridine rings is 1. The first-order valence-corrected chi connectivity index (χ1v) is 7.54. The average Bonchev–Trinajstić information content (AvgIpc) is 2.36. The molecule has 1 N–H and O–H groups in total. The number of anilines is 1. The summed E-state index contributed by atoms with van der Waals surface area (Å²) in [5, 5.41) is 0.526. The molecular formula is C12H10Cl2N2O2S. The predicted octanol–water partition coefficient (Wildman–Crippen LogP) is 3.50. The molecule has 0 aliphatic heterocycles. The normalized spacial score (nSPS) is 11.3. The maximum absolute atomic E-state index is 12.2. The minimum absolute atomic E-state index is 0.0262. The highest BCUT2D eigenvalue weighted by molar-refractivity contribution is 7.92. The highest BCUT2D eigenvalue weighted by atomic mass is 35.5. The van der Waals surface area contributed by atoms with Crippen LogP contribution in [0, 0.1) is 6.92 Å². The molecule has 1 aromatic carbocycles. The van der Waals surface area contributed by atoms with E-state index in [1.165, 1.54) is 18.3 Å². The summed E-state index contributed by atoms with van der Waals surface area (Å²) in [6.07, 6.45) is 1.49. The second-order valence-corrected chi connectivity index (χ2v) is 6.24. The van der Waals surface area contributed by atoms with E-state index in [4.69, 9.17) is 23.2 Å². The average molecular weight is 317 g/mol. The molecule has 0 spiro atoms. The van der Waals surface area contributed by atoms with Crippen molar-refractivity contribution < 1.29 is 8.42 Å². The summed E-state index contributed by atoms with van der Waals surface area (Å²) in [7, 11) is -3.79. The minimum atomic E-state index is -3.79. The van der Waals surface area contributed by atoms with Crippen molar-refractivity contribution in [2.45, 2.75) is 11.8 Å². The molecule has 0 saturated heterocycles. The van der Waals surface area contributed by atoms with Crippen LogP contribution in [-0.2, 0) is 10.0 Å². The van der Waals surface area contributed by atoms with E-state index in [9.17, 15) is 8.42 Å². The van der Waals surface area contributed by atoms with Gasteiger partial charge in [0, 0.05) is 11.2 Å². The Bertz CT molecular complexity index is 703. The Morgan fingerprint density at radius 3 is 2.53 bits per heavy atom. The van der Waals surface area contributed by atoms with Crippen LogP contribution in [0.5, 0.6) is 0 Å². The van der Waals surface area contributed by atoms with Crippen LogP contribution in [0.4, 0.5) is 5.82 Å². The number of hydrogen-bond donors (Lipinski definition) is 1. The van der Waals surface area contributed by atoms with Gasteiger partial charge in [-0.3, -0.25) is 4.72 Å². The molecular weight excluding hydrogens is 307 g/mol. The number of sulfonamides is 1. The summed E-state index contributed by atoms with van der Waals surface area (Å²) in [5.74, 6) is 0.228. The van der Waals surface area contributed by atoms with E-state index in [2.05, 4.69) is 9.71 Å². The lowest BCUT2D eigenvalue weighted by atomic mass is 10.2. The number of nitrogens with zero attached hydrogens (tertiary/aromatic N) is 1. The molecule has 0 amide bonds. The molecule has 2 rings (SSSR count). The Morgan fingerprint density at radius 1 is 1.16 bits per heavy atom.